The summed E-state index contributed by atoms with van der Waals surface area (Å²) in [5.41, 5.74) is 5.76. The summed E-state index contributed by atoms with van der Waals surface area (Å²) in [4.78, 5) is 2.54. The molecule has 1 saturated carbocycles. The van der Waals surface area contributed by atoms with Crippen molar-refractivity contribution in [2.45, 2.75) is 32.1 Å². The first-order valence-corrected chi connectivity index (χ1v) is 7.70. The van der Waals surface area contributed by atoms with Gasteiger partial charge in [-0.3, -0.25) is 0 Å². The molecule has 1 aliphatic rings. The van der Waals surface area contributed by atoms with Crippen molar-refractivity contribution >= 4 is 0 Å². The zero-order chi connectivity index (χ0) is 13.9. The quantitative estimate of drug-likeness (QED) is 0.615. The van der Waals surface area contributed by atoms with Crippen LogP contribution >= 0.6 is 0 Å². The molecule has 19 heavy (non-hydrogen) atoms. The Morgan fingerprint density at radius 2 is 1.58 bits per heavy atom. The lowest BCUT2D eigenvalue weighted by Gasteiger charge is -2.32. The molecule has 0 heterocycles. The molecule has 4 nitrogen and oxygen atoms in total. The molecular weight excluding hydrogens is 240 g/mol. The summed E-state index contributed by atoms with van der Waals surface area (Å²) in [6.45, 7) is 5.91. The third kappa shape index (κ3) is 7.25. The monoisotopic (exact) mass is 272 g/mol. The summed E-state index contributed by atoms with van der Waals surface area (Å²) in [6.07, 6.45) is 6.43. The summed E-state index contributed by atoms with van der Waals surface area (Å²) >= 11 is 0. The molecule has 1 fully saturated rings. The van der Waals surface area contributed by atoms with Crippen LogP contribution in [0.2, 0.25) is 0 Å². The highest BCUT2D eigenvalue weighted by molar-refractivity contribution is 4.75. The predicted octanol–water partition coefficient (Wildman–Crippen LogP) is 1.74. The van der Waals surface area contributed by atoms with E-state index in [9.17, 15) is 0 Å². The van der Waals surface area contributed by atoms with Gasteiger partial charge < -0.3 is 20.1 Å². The molecule has 1 aliphatic carbocycles. The van der Waals surface area contributed by atoms with Gasteiger partial charge in [0.05, 0.1) is 6.61 Å². The van der Waals surface area contributed by atoms with Crippen molar-refractivity contribution in [1.29, 1.82) is 0 Å². The van der Waals surface area contributed by atoms with Crippen LogP contribution in [-0.4, -0.2) is 58.5 Å². The summed E-state index contributed by atoms with van der Waals surface area (Å²) in [7, 11) is 3.55. The van der Waals surface area contributed by atoms with Crippen molar-refractivity contribution in [2.24, 2.45) is 17.6 Å². The van der Waals surface area contributed by atoms with Crippen LogP contribution in [0, 0.1) is 11.8 Å². The van der Waals surface area contributed by atoms with Crippen molar-refractivity contribution in [3.8, 4) is 0 Å². The number of hydrogen-bond donors (Lipinski definition) is 1. The average Bonchev–Trinajstić information content (AvgIpc) is 2.45. The highest BCUT2D eigenvalue weighted by atomic mass is 16.5. The Morgan fingerprint density at radius 1 is 0.947 bits per heavy atom. The smallest absolute Gasteiger partial charge is 0.0589 e. The van der Waals surface area contributed by atoms with Crippen LogP contribution in [0.4, 0.5) is 0 Å². The Hall–Kier alpha value is -0.160. The first kappa shape index (κ1) is 16.9. The van der Waals surface area contributed by atoms with Crippen molar-refractivity contribution < 1.29 is 9.47 Å². The number of rotatable bonds is 10. The van der Waals surface area contributed by atoms with Gasteiger partial charge >= 0.3 is 0 Å². The van der Waals surface area contributed by atoms with Gasteiger partial charge in [-0.15, -0.1) is 0 Å². The lowest BCUT2D eigenvalue weighted by molar-refractivity contribution is 0.112. The highest BCUT2D eigenvalue weighted by Crippen LogP contribution is 2.28. The Morgan fingerprint density at radius 3 is 2.16 bits per heavy atom. The van der Waals surface area contributed by atoms with Gasteiger partial charge in [0.15, 0.2) is 0 Å². The molecule has 0 unspecified atom stereocenters. The van der Waals surface area contributed by atoms with Crippen LogP contribution in [0.1, 0.15) is 32.1 Å². The standard InChI is InChI=1S/C15H32N2O2/c1-18-10-3-8-17(9-11-19-2)13-15-6-4-14(12-16)5-7-15/h14-15H,3-13,16H2,1-2H3. The van der Waals surface area contributed by atoms with Crippen LogP contribution < -0.4 is 5.73 Å². The fourth-order valence-corrected chi connectivity index (χ4v) is 2.96. The van der Waals surface area contributed by atoms with Crippen LogP contribution in [0.15, 0.2) is 0 Å². The first-order chi connectivity index (χ1) is 9.30. The number of nitrogens with zero attached hydrogens (tertiary/aromatic N) is 1. The van der Waals surface area contributed by atoms with Crippen molar-refractivity contribution in [3.63, 3.8) is 0 Å². The second kappa shape index (κ2) is 10.6. The van der Waals surface area contributed by atoms with Crippen LogP contribution in [0.3, 0.4) is 0 Å². The van der Waals surface area contributed by atoms with E-state index in [-0.39, 0.29) is 0 Å². The molecule has 0 saturated heterocycles. The largest absolute Gasteiger partial charge is 0.385 e. The maximum Gasteiger partial charge on any atom is 0.0589 e. The van der Waals surface area contributed by atoms with E-state index in [2.05, 4.69) is 4.90 Å². The maximum atomic E-state index is 5.76. The topological polar surface area (TPSA) is 47.7 Å². The molecule has 4 heteroatoms. The minimum absolute atomic E-state index is 0.775. The Labute approximate surface area is 118 Å². The zero-order valence-corrected chi connectivity index (χ0v) is 12.8. The molecule has 0 amide bonds. The fourth-order valence-electron chi connectivity index (χ4n) is 2.96. The molecule has 0 radical (unpaired) electrons. The summed E-state index contributed by atoms with van der Waals surface area (Å²) in [6, 6.07) is 0. The Bertz CT molecular complexity index is 206. The maximum absolute atomic E-state index is 5.76. The second-order valence-corrected chi connectivity index (χ2v) is 5.76. The number of hydrogen-bond acceptors (Lipinski definition) is 4. The van der Waals surface area contributed by atoms with Crippen LogP contribution in [0.25, 0.3) is 0 Å². The lowest BCUT2D eigenvalue weighted by Crippen LogP contribution is -2.35. The van der Waals surface area contributed by atoms with E-state index < -0.39 is 0 Å². The third-order valence-electron chi connectivity index (χ3n) is 4.25. The van der Waals surface area contributed by atoms with Gasteiger partial charge in [-0.05, 0) is 50.5 Å². The van der Waals surface area contributed by atoms with Crippen LogP contribution in [0.5, 0.6) is 0 Å². The van der Waals surface area contributed by atoms with Crippen molar-refractivity contribution in [2.75, 3.05) is 53.6 Å². The van der Waals surface area contributed by atoms with E-state index in [1.165, 1.54) is 32.2 Å². The SMILES string of the molecule is COCCCN(CCOC)CC1CCC(CN)CC1. The van der Waals surface area contributed by atoms with Gasteiger partial charge in [0.25, 0.3) is 0 Å². The van der Waals surface area contributed by atoms with Gasteiger partial charge in [-0.25, -0.2) is 0 Å². The van der Waals surface area contributed by atoms with Crippen molar-refractivity contribution in [3.05, 3.63) is 0 Å². The molecule has 0 aromatic rings. The van der Waals surface area contributed by atoms with Gasteiger partial charge in [-0.2, -0.15) is 0 Å². The summed E-state index contributed by atoms with van der Waals surface area (Å²) in [5, 5.41) is 0. The fraction of sp³-hybridized carbons (Fsp3) is 1.00. The molecule has 0 aromatic heterocycles. The Kier molecular flexibility index (Phi) is 9.43. The Balaban J connectivity index is 2.26. The highest BCUT2D eigenvalue weighted by Gasteiger charge is 2.21. The van der Waals surface area contributed by atoms with Gasteiger partial charge in [0, 0.05) is 40.5 Å². The zero-order valence-electron chi connectivity index (χ0n) is 12.8. The molecule has 1 rings (SSSR count). The molecule has 0 aromatic carbocycles. The predicted molar refractivity (Wildman–Crippen MR) is 79.3 cm³/mol. The van der Waals surface area contributed by atoms with Gasteiger partial charge in [0.2, 0.25) is 0 Å². The minimum Gasteiger partial charge on any atom is -0.385 e. The molecule has 114 valence electrons. The van der Waals surface area contributed by atoms with E-state index in [1.807, 2.05) is 0 Å². The number of methoxy groups -OCH3 is 2. The van der Waals surface area contributed by atoms with Crippen molar-refractivity contribution in [1.82, 2.24) is 4.90 Å². The molecule has 0 atom stereocenters. The normalized spacial score (nSPS) is 24.0. The first-order valence-electron chi connectivity index (χ1n) is 7.70. The van der Waals surface area contributed by atoms with Gasteiger partial charge in [0.1, 0.15) is 0 Å². The van der Waals surface area contributed by atoms with E-state index in [0.717, 1.165) is 51.1 Å². The average molecular weight is 272 g/mol. The van der Waals surface area contributed by atoms with Crippen LogP contribution in [-0.2, 0) is 9.47 Å². The molecular formula is C15H32N2O2. The third-order valence-corrected chi connectivity index (χ3v) is 4.25. The number of ether oxygens (including phenoxy) is 2. The van der Waals surface area contributed by atoms with E-state index >= 15 is 0 Å². The molecule has 0 spiro atoms. The van der Waals surface area contributed by atoms with E-state index in [1.54, 1.807) is 14.2 Å². The summed E-state index contributed by atoms with van der Waals surface area (Å²) < 4.78 is 10.4. The summed E-state index contributed by atoms with van der Waals surface area (Å²) in [5.74, 6) is 1.62. The molecule has 0 bridgehead atoms. The van der Waals surface area contributed by atoms with Gasteiger partial charge in [-0.1, -0.05) is 0 Å². The lowest BCUT2D eigenvalue weighted by atomic mass is 9.82. The van der Waals surface area contributed by atoms with E-state index in [4.69, 9.17) is 15.2 Å². The second-order valence-electron chi connectivity index (χ2n) is 5.76. The number of nitrogens with two attached hydrogens (primary N) is 1. The molecule has 0 aliphatic heterocycles. The van der Waals surface area contributed by atoms with E-state index in [0.29, 0.717) is 0 Å². The minimum atomic E-state index is 0.775. The molecule has 2 N–H and O–H groups in total.